The van der Waals surface area contributed by atoms with Gasteiger partial charge in [-0.05, 0) is 61.0 Å². The fourth-order valence-corrected chi connectivity index (χ4v) is 2.91. The summed E-state index contributed by atoms with van der Waals surface area (Å²) in [6, 6.07) is 18.3. The van der Waals surface area contributed by atoms with Gasteiger partial charge in [-0.25, -0.2) is 4.39 Å². The second kappa shape index (κ2) is 9.94. The van der Waals surface area contributed by atoms with E-state index in [0.29, 0.717) is 35.2 Å². The number of benzene rings is 3. The molecule has 3 aromatic rings. The highest BCUT2D eigenvalue weighted by atomic mass is 35.5. The lowest BCUT2D eigenvalue weighted by molar-refractivity contribution is 0.0950. The Kier molecular flexibility index (Phi) is 7.09. The van der Waals surface area contributed by atoms with Gasteiger partial charge in [-0.15, -0.1) is 0 Å². The maximum atomic E-state index is 13.0. The Morgan fingerprint density at radius 1 is 1.03 bits per heavy atom. The first kappa shape index (κ1) is 20.7. The molecule has 1 amide bonds. The van der Waals surface area contributed by atoms with Crippen LogP contribution >= 0.6 is 11.6 Å². The molecular weight excluding hydrogens is 393 g/mol. The first-order valence-electron chi connectivity index (χ1n) is 9.22. The standard InChI is InChI=1S/C23H21ClFNO3/c1-2-28-22-11-8-17(23(27)26-14-16-6-9-20(25)10-7-16)12-18(22)15-29-21-5-3-4-19(24)13-21/h3-13H,2,14-15H2,1H3,(H,26,27). The minimum absolute atomic E-state index is 0.231. The van der Waals surface area contributed by atoms with Crippen molar-refractivity contribution < 1.29 is 18.7 Å². The highest BCUT2D eigenvalue weighted by Crippen LogP contribution is 2.24. The zero-order valence-electron chi connectivity index (χ0n) is 16.0. The van der Waals surface area contributed by atoms with E-state index >= 15 is 0 Å². The Labute approximate surface area is 174 Å². The number of amides is 1. The molecule has 0 aliphatic carbocycles. The molecule has 0 bridgehead atoms. The zero-order chi connectivity index (χ0) is 20.6. The first-order valence-corrected chi connectivity index (χ1v) is 9.59. The SMILES string of the molecule is CCOc1ccc(C(=O)NCc2ccc(F)cc2)cc1COc1cccc(Cl)c1. The summed E-state index contributed by atoms with van der Waals surface area (Å²) >= 11 is 5.99. The molecule has 6 heteroatoms. The van der Waals surface area contributed by atoms with E-state index in [-0.39, 0.29) is 18.3 Å². The van der Waals surface area contributed by atoms with Crippen LogP contribution in [0.3, 0.4) is 0 Å². The molecule has 0 atom stereocenters. The van der Waals surface area contributed by atoms with E-state index in [1.807, 2.05) is 13.0 Å². The molecule has 0 unspecified atom stereocenters. The van der Waals surface area contributed by atoms with Gasteiger partial charge in [-0.2, -0.15) is 0 Å². The number of hydrogen-bond donors (Lipinski definition) is 1. The van der Waals surface area contributed by atoms with Gasteiger partial charge in [0.15, 0.2) is 0 Å². The third-order valence-electron chi connectivity index (χ3n) is 4.18. The molecule has 0 saturated carbocycles. The van der Waals surface area contributed by atoms with Crippen molar-refractivity contribution in [3.8, 4) is 11.5 Å². The minimum Gasteiger partial charge on any atom is -0.493 e. The number of hydrogen-bond acceptors (Lipinski definition) is 3. The van der Waals surface area contributed by atoms with Crippen molar-refractivity contribution >= 4 is 17.5 Å². The van der Waals surface area contributed by atoms with Crippen LogP contribution in [0, 0.1) is 5.82 Å². The molecule has 150 valence electrons. The summed E-state index contributed by atoms with van der Waals surface area (Å²) in [7, 11) is 0. The third kappa shape index (κ3) is 5.96. The van der Waals surface area contributed by atoms with Crippen LogP contribution in [0.2, 0.25) is 5.02 Å². The minimum atomic E-state index is -0.309. The van der Waals surface area contributed by atoms with E-state index in [0.717, 1.165) is 11.1 Å². The van der Waals surface area contributed by atoms with Crippen molar-refractivity contribution in [2.75, 3.05) is 6.61 Å². The predicted molar refractivity (Wildman–Crippen MR) is 111 cm³/mol. The van der Waals surface area contributed by atoms with E-state index < -0.39 is 0 Å². The van der Waals surface area contributed by atoms with Gasteiger partial charge in [0.05, 0.1) is 6.61 Å². The van der Waals surface area contributed by atoms with Gasteiger partial charge in [0, 0.05) is 22.7 Å². The van der Waals surface area contributed by atoms with Crippen LogP contribution in [-0.2, 0) is 13.2 Å². The summed E-state index contributed by atoms with van der Waals surface area (Å²) in [5.74, 6) is 0.744. The Morgan fingerprint density at radius 2 is 1.83 bits per heavy atom. The molecule has 3 aromatic carbocycles. The molecule has 0 fully saturated rings. The zero-order valence-corrected chi connectivity index (χ0v) is 16.7. The Bertz CT molecular complexity index is 976. The molecule has 0 aromatic heterocycles. The molecule has 3 rings (SSSR count). The molecule has 0 radical (unpaired) electrons. The lowest BCUT2D eigenvalue weighted by Gasteiger charge is -2.14. The number of carbonyl (C=O) groups excluding carboxylic acids is 1. The first-order chi connectivity index (χ1) is 14.0. The van der Waals surface area contributed by atoms with E-state index in [1.165, 1.54) is 12.1 Å². The summed E-state index contributed by atoms with van der Waals surface area (Å²) in [6.45, 7) is 2.93. The molecule has 1 N–H and O–H groups in total. The van der Waals surface area contributed by atoms with Gasteiger partial charge < -0.3 is 14.8 Å². The fourth-order valence-electron chi connectivity index (χ4n) is 2.73. The van der Waals surface area contributed by atoms with Crippen LogP contribution in [-0.4, -0.2) is 12.5 Å². The smallest absolute Gasteiger partial charge is 0.251 e. The van der Waals surface area contributed by atoms with Crippen LogP contribution in [0.1, 0.15) is 28.4 Å². The monoisotopic (exact) mass is 413 g/mol. The number of nitrogens with one attached hydrogen (secondary N) is 1. The molecule has 29 heavy (non-hydrogen) atoms. The van der Waals surface area contributed by atoms with E-state index in [4.69, 9.17) is 21.1 Å². The Hall–Kier alpha value is -3.05. The second-order valence-corrected chi connectivity index (χ2v) is 6.75. The normalized spacial score (nSPS) is 10.4. The topological polar surface area (TPSA) is 47.6 Å². The summed E-state index contributed by atoms with van der Waals surface area (Å²) in [5.41, 5.74) is 2.05. The Balaban J connectivity index is 1.70. The molecule has 0 aliphatic heterocycles. The van der Waals surface area contributed by atoms with Crippen molar-refractivity contribution in [1.29, 1.82) is 0 Å². The van der Waals surface area contributed by atoms with Crippen LogP contribution in [0.15, 0.2) is 66.7 Å². The highest BCUT2D eigenvalue weighted by Gasteiger charge is 2.12. The van der Waals surface area contributed by atoms with Crippen molar-refractivity contribution in [2.45, 2.75) is 20.1 Å². The third-order valence-corrected chi connectivity index (χ3v) is 4.41. The summed E-state index contributed by atoms with van der Waals surface area (Å²) in [5, 5.41) is 3.42. The van der Waals surface area contributed by atoms with Crippen LogP contribution < -0.4 is 14.8 Å². The summed E-state index contributed by atoms with van der Waals surface area (Å²) < 4.78 is 24.4. The average molecular weight is 414 g/mol. The van der Waals surface area contributed by atoms with Crippen molar-refractivity contribution in [3.63, 3.8) is 0 Å². The number of ether oxygens (including phenoxy) is 2. The van der Waals surface area contributed by atoms with E-state index in [9.17, 15) is 9.18 Å². The van der Waals surface area contributed by atoms with Gasteiger partial charge >= 0.3 is 0 Å². The molecule has 0 aliphatic rings. The highest BCUT2D eigenvalue weighted by molar-refractivity contribution is 6.30. The largest absolute Gasteiger partial charge is 0.493 e. The molecular formula is C23H21ClFNO3. The maximum Gasteiger partial charge on any atom is 0.251 e. The molecule has 0 saturated heterocycles. The summed E-state index contributed by atoms with van der Waals surface area (Å²) in [4.78, 5) is 12.5. The molecule has 0 spiro atoms. The van der Waals surface area contributed by atoms with Gasteiger partial charge in [-0.1, -0.05) is 29.8 Å². The van der Waals surface area contributed by atoms with Crippen molar-refractivity contribution in [3.05, 3.63) is 94.3 Å². The van der Waals surface area contributed by atoms with Gasteiger partial charge in [-0.3, -0.25) is 4.79 Å². The quantitative estimate of drug-likeness (QED) is 0.538. The maximum absolute atomic E-state index is 13.0. The molecule has 4 nitrogen and oxygen atoms in total. The lowest BCUT2D eigenvalue weighted by atomic mass is 10.1. The number of rotatable bonds is 8. The van der Waals surface area contributed by atoms with Crippen LogP contribution in [0.4, 0.5) is 4.39 Å². The predicted octanol–water partition coefficient (Wildman–Crippen LogP) is 5.39. The number of halogens is 2. The lowest BCUT2D eigenvalue weighted by Crippen LogP contribution is -2.23. The molecule has 0 heterocycles. The van der Waals surface area contributed by atoms with Crippen LogP contribution in [0.5, 0.6) is 11.5 Å². The van der Waals surface area contributed by atoms with Gasteiger partial charge in [0.2, 0.25) is 0 Å². The summed E-state index contributed by atoms with van der Waals surface area (Å²) in [6.07, 6.45) is 0. The van der Waals surface area contributed by atoms with Gasteiger partial charge in [0.1, 0.15) is 23.9 Å². The van der Waals surface area contributed by atoms with Gasteiger partial charge in [0.25, 0.3) is 5.91 Å². The van der Waals surface area contributed by atoms with E-state index in [1.54, 1.807) is 48.5 Å². The number of carbonyl (C=O) groups is 1. The average Bonchev–Trinajstić information content (AvgIpc) is 2.72. The van der Waals surface area contributed by atoms with Crippen LogP contribution in [0.25, 0.3) is 0 Å². The van der Waals surface area contributed by atoms with E-state index in [2.05, 4.69) is 5.32 Å². The van der Waals surface area contributed by atoms with Crippen molar-refractivity contribution in [1.82, 2.24) is 5.32 Å². The van der Waals surface area contributed by atoms with Crippen molar-refractivity contribution in [2.24, 2.45) is 0 Å². The Morgan fingerprint density at radius 3 is 2.55 bits per heavy atom. The second-order valence-electron chi connectivity index (χ2n) is 6.31. The fraction of sp³-hybridized carbons (Fsp3) is 0.174.